The molecule has 0 N–H and O–H groups in total. The van der Waals surface area contributed by atoms with E-state index in [1.807, 2.05) is 28.0 Å². The van der Waals surface area contributed by atoms with Crippen LogP contribution in [-0.4, -0.2) is 81.8 Å². The number of imide groups is 1. The Labute approximate surface area is 257 Å². The molecule has 2 amide bonds. The maximum Gasteiger partial charge on any atom is 0.332 e. The summed E-state index contributed by atoms with van der Waals surface area (Å²) in [6.45, 7) is 2.18. The Morgan fingerprint density at radius 2 is 1.57 bits per heavy atom. The number of hydrogen-bond donors (Lipinski definition) is 0. The van der Waals surface area contributed by atoms with E-state index in [4.69, 9.17) is 26.1 Å². The predicted octanol–water partition coefficient (Wildman–Crippen LogP) is 1.61. The van der Waals surface area contributed by atoms with Crippen LogP contribution >= 0.6 is 11.6 Å². The molecule has 230 valence electrons. The number of ether oxygens (including phenoxy) is 2. The number of fused-ring (bicyclic) bond motifs is 1. The van der Waals surface area contributed by atoms with E-state index in [9.17, 15) is 19.2 Å². The number of carbonyl (C=O) groups is 2. The van der Waals surface area contributed by atoms with Crippen molar-refractivity contribution in [2.24, 2.45) is 14.1 Å². The number of imidazole rings is 1. The molecule has 0 spiro atoms. The Morgan fingerprint density at radius 1 is 0.909 bits per heavy atom. The minimum Gasteiger partial charge on any atom is -0.497 e. The molecule has 0 radical (unpaired) electrons. The molecule has 4 aromatic rings. The predicted molar refractivity (Wildman–Crippen MR) is 165 cm³/mol. The molecular formula is C30H32ClN7O6. The molecule has 14 heteroatoms. The number of rotatable bonds is 7. The van der Waals surface area contributed by atoms with Gasteiger partial charge in [0, 0.05) is 63.5 Å². The van der Waals surface area contributed by atoms with E-state index in [1.54, 1.807) is 35.9 Å². The van der Waals surface area contributed by atoms with Crippen LogP contribution < -0.4 is 30.5 Å². The molecule has 44 heavy (non-hydrogen) atoms. The fourth-order valence-corrected chi connectivity index (χ4v) is 6.15. The number of anilines is 2. The van der Waals surface area contributed by atoms with Gasteiger partial charge in [-0.2, -0.15) is 4.98 Å². The highest BCUT2D eigenvalue weighted by molar-refractivity contribution is 6.31. The average Bonchev–Trinajstić information content (AvgIpc) is 3.56. The lowest BCUT2D eigenvalue weighted by molar-refractivity contribution is -0.123. The van der Waals surface area contributed by atoms with Gasteiger partial charge in [-0.3, -0.25) is 33.0 Å². The number of piperazine rings is 1. The molecule has 2 aromatic carbocycles. The molecule has 2 aliphatic rings. The van der Waals surface area contributed by atoms with Crippen LogP contribution in [-0.2, 0) is 30.2 Å². The lowest BCUT2D eigenvalue weighted by Gasteiger charge is -2.37. The Balaban J connectivity index is 1.28. The third kappa shape index (κ3) is 4.91. The van der Waals surface area contributed by atoms with Crippen molar-refractivity contribution < 1.29 is 19.1 Å². The summed E-state index contributed by atoms with van der Waals surface area (Å²) in [6.07, 6.45) is 0.0571. The van der Waals surface area contributed by atoms with Crippen molar-refractivity contribution in [2.45, 2.75) is 19.0 Å². The summed E-state index contributed by atoms with van der Waals surface area (Å²) in [5.41, 5.74) is 0.864. The van der Waals surface area contributed by atoms with Crippen molar-refractivity contribution in [3.63, 3.8) is 0 Å². The van der Waals surface area contributed by atoms with E-state index < -0.39 is 17.3 Å². The Morgan fingerprint density at radius 3 is 2.20 bits per heavy atom. The summed E-state index contributed by atoms with van der Waals surface area (Å²) in [4.78, 5) is 62.8. The molecule has 1 atom stereocenters. The first-order valence-corrected chi connectivity index (χ1v) is 14.5. The number of methoxy groups -OCH3 is 2. The van der Waals surface area contributed by atoms with Gasteiger partial charge in [-0.1, -0.05) is 29.8 Å². The fourth-order valence-electron chi connectivity index (χ4n) is 5.95. The van der Waals surface area contributed by atoms with Gasteiger partial charge in [0.15, 0.2) is 11.2 Å². The summed E-state index contributed by atoms with van der Waals surface area (Å²) < 4.78 is 14.9. The maximum absolute atomic E-state index is 13.6. The quantitative estimate of drug-likeness (QED) is 0.283. The first-order valence-electron chi connectivity index (χ1n) is 14.1. The highest BCUT2D eigenvalue weighted by Gasteiger charge is 2.44. The number of hydrogen-bond acceptors (Lipinski definition) is 9. The number of nitrogens with zero attached hydrogens (tertiary/aromatic N) is 7. The zero-order valence-corrected chi connectivity index (χ0v) is 25.6. The highest BCUT2D eigenvalue weighted by atomic mass is 35.5. The molecule has 0 bridgehead atoms. The van der Waals surface area contributed by atoms with Crippen LogP contribution in [0.25, 0.3) is 11.2 Å². The molecule has 0 saturated carbocycles. The Bertz CT molecular complexity index is 1880. The first kappa shape index (κ1) is 29.5. The van der Waals surface area contributed by atoms with Crippen molar-refractivity contribution >= 4 is 46.2 Å². The van der Waals surface area contributed by atoms with Crippen LogP contribution in [0.2, 0.25) is 5.02 Å². The maximum atomic E-state index is 13.6. The smallest absolute Gasteiger partial charge is 0.332 e. The number of aromatic nitrogens is 4. The molecule has 13 nitrogen and oxygen atoms in total. The molecule has 4 heterocycles. The van der Waals surface area contributed by atoms with E-state index in [-0.39, 0.29) is 30.4 Å². The normalized spacial score (nSPS) is 17.6. The van der Waals surface area contributed by atoms with E-state index in [0.29, 0.717) is 59.9 Å². The zero-order chi connectivity index (χ0) is 31.3. The van der Waals surface area contributed by atoms with Gasteiger partial charge < -0.3 is 14.4 Å². The van der Waals surface area contributed by atoms with Gasteiger partial charge in [-0.15, -0.1) is 0 Å². The lowest BCUT2D eigenvalue weighted by atomic mass is 10.1. The van der Waals surface area contributed by atoms with Gasteiger partial charge in [-0.25, -0.2) is 9.69 Å². The number of carbonyl (C=O) groups excluding carboxylic acids is 2. The van der Waals surface area contributed by atoms with Gasteiger partial charge >= 0.3 is 5.69 Å². The minimum absolute atomic E-state index is 0.0571. The minimum atomic E-state index is -0.614. The number of aryl methyl sites for hydroxylation is 1. The topological polar surface area (TPSA) is 124 Å². The second kappa shape index (κ2) is 11.5. The molecular weight excluding hydrogens is 590 g/mol. The van der Waals surface area contributed by atoms with Gasteiger partial charge in [-0.05, 0) is 11.6 Å². The van der Waals surface area contributed by atoms with Gasteiger partial charge in [0.1, 0.15) is 11.5 Å². The number of halogens is 1. The largest absolute Gasteiger partial charge is 0.497 e. The van der Waals surface area contributed by atoms with E-state index in [2.05, 4.69) is 0 Å². The van der Waals surface area contributed by atoms with Crippen molar-refractivity contribution in [3.05, 3.63) is 73.9 Å². The summed E-state index contributed by atoms with van der Waals surface area (Å²) in [5, 5.41) is 0.550. The van der Waals surface area contributed by atoms with Crippen LogP contribution in [0.5, 0.6) is 11.5 Å². The standard InChI is InChI=1S/C30H32ClN7O6/c1-33-26-25(28(41)34(2)30(33)42)37(17-18-7-5-6-8-22(18)31)29(32-26)36-11-9-35(10-12-36)23-16-24(39)38(27(23)40)19-13-20(43-3)15-21(14-19)44-4/h5-8,13-15,23H,9-12,16-17H2,1-4H3. The summed E-state index contributed by atoms with van der Waals surface area (Å²) in [7, 11) is 6.05. The molecule has 2 fully saturated rings. The van der Waals surface area contributed by atoms with E-state index in [0.717, 1.165) is 10.1 Å². The van der Waals surface area contributed by atoms with Crippen LogP contribution in [0.1, 0.15) is 12.0 Å². The van der Waals surface area contributed by atoms with E-state index >= 15 is 0 Å². The van der Waals surface area contributed by atoms with Crippen LogP contribution in [0.15, 0.2) is 52.1 Å². The number of benzene rings is 2. The summed E-state index contributed by atoms with van der Waals surface area (Å²) in [5.74, 6) is 0.879. The van der Waals surface area contributed by atoms with Crippen LogP contribution in [0.4, 0.5) is 11.6 Å². The third-order valence-corrected chi connectivity index (χ3v) is 8.74. The second-order valence-electron chi connectivity index (χ2n) is 10.8. The van der Waals surface area contributed by atoms with Crippen molar-refractivity contribution in [2.75, 3.05) is 50.2 Å². The molecule has 0 aliphatic carbocycles. The van der Waals surface area contributed by atoms with Gasteiger partial charge in [0.2, 0.25) is 11.9 Å². The third-order valence-electron chi connectivity index (χ3n) is 8.37. The molecule has 6 rings (SSSR count). The van der Waals surface area contributed by atoms with E-state index in [1.165, 1.54) is 30.7 Å². The first-order chi connectivity index (χ1) is 21.1. The number of amides is 2. The Hall–Kier alpha value is -4.62. The second-order valence-corrected chi connectivity index (χ2v) is 11.3. The summed E-state index contributed by atoms with van der Waals surface area (Å²) in [6, 6.07) is 11.7. The average molecular weight is 622 g/mol. The Kier molecular flexibility index (Phi) is 7.68. The van der Waals surface area contributed by atoms with Crippen molar-refractivity contribution in [3.8, 4) is 11.5 Å². The van der Waals surface area contributed by atoms with Crippen LogP contribution in [0.3, 0.4) is 0 Å². The molecule has 2 saturated heterocycles. The lowest BCUT2D eigenvalue weighted by Crippen LogP contribution is -2.53. The zero-order valence-electron chi connectivity index (χ0n) is 24.8. The SMILES string of the molecule is COc1cc(OC)cc(N2C(=O)CC(N3CCN(c4nc5c(c(=O)n(C)c(=O)n5C)n4Cc4ccccc4Cl)CC3)C2=O)c1. The monoisotopic (exact) mass is 621 g/mol. The van der Waals surface area contributed by atoms with Gasteiger partial charge in [0.05, 0.1) is 38.9 Å². The molecule has 2 aliphatic heterocycles. The van der Waals surface area contributed by atoms with Crippen molar-refractivity contribution in [1.82, 2.24) is 23.6 Å². The van der Waals surface area contributed by atoms with Crippen molar-refractivity contribution in [1.29, 1.82) is 0 Å². The highest BCUT2D eigenvalue weighted by Crippen LogP contribution is 2.33. The molecule has 2 aromatic heterocycles. The van der Waals surface area contributed by atoms with Gasteiger partial charge in [0.25, 0.3) is 11.5 Å². The van der Waals surface area contributed by atoms with Crippen LogP contribution in [0, 0.1) is 0 Å². The summed E-state index contributed by atoms with van der Waals surface area (Å²) >= 11 is 6.50. The molecule has 1 unspecified atom stereocenters. The fraction of sp³-hybridized carbons (Fsp3) is 0.367.